The summed E-state index contributed by atoms with van der Waals surface area (Å²) in [6.07, 6.45) is 0. The average Bonchev–Trinajstić information content (AvgIpc) is 3.76. The zero-order chi connectivity index (χ0) is 35.3. The summed E-state index contributed by atoms with van der Waals surface area (Å²) in [5.41, 5.74) is 9.63. The summed E-state index contributed by atoms with van der Waals surface area (Å²) in [5, 5.41) is 15.0. The summed E-state index contributed by atoms with van der Waals surface area (Å²) in [6, 6.07) is 71.6. The Kier molecular flexibility index (Phi) is 6.09. The van der Waals surface area contributed by atoms with Gasteiger partial charge in [0.1, 0.15) is 0 Å². The van der Waals surface area contributed by atoms with Gasteiger partial charge in [-0.15, -0.1) is 0 Å². The fraction of sp³-hybridized carbons (Fsp3) is 0. The molecule has 0 bridgehead atoms. The normalized spacial score (nSPS) is 12.1. The molecule has 0 aliphatic heterocycles. The molecule has 0 unspecified atom stereocenters. The minimum absolute atomic E-state index is 1.19. The van der Waals surface area contributed by atoms with Gasteiger partial charge < -0.3 is 9.13 Å². The van der Waals surface area contributed by atoms with Gasteiger partial charge in [-0.05, 0) is 56.6 Å². The Balaban J connectivity index is 1.27. The van der Waals surface area contributed by atoms with Crippen molar-refractivity contribution < 1.29 is 0 Å². The quantitative estimate of drug-likeness (QED) is 0.164. The summed E-state index contributed by atoms with van der Waals surface area (Å²) >= 11 is 0. The zero-order valence-electron chi connectivity index (χ0n) is 29.4. The number of hydrogen-bond donors (Lipinski definition) is 0. The van der Waals surface area contributed by atoms with Gasteiger partial charge in [0.05, 0.1) is 33.4 Å². The highest BCUT2D eigenvalue weighted by molar-refractivity contribution is 6.22. The first-order valence-corrected chi connectivity index (χ1v) is 18.7. The van der Waals surface area contributed by atoms with Crippen molar-refractivity contribution in [2.45, 2.75) is 0 Å². The van der Waals surface area contributed by atoms with Crippen molar-refractivity contribution in [3.8, 4) is 22.5 Å². The first kappa shape index (κ1) is 29.4. The molecule has 0 saturated heterocycles. The van der Waals surface area contributed by atoms with E-state index in [1.54, 1.807) is 0 Å². The van der Waals surface area contributed by atoms with E-state index in [0.717, 1.165) is 0 Å². The van der Waals surface area contributed by atoms with Crippen molar-refractivity contribution in [2.75, 3.05) is 0 Å². The summed E-state index contributed by atoms with van der Waals surface area (Å²) in [7, 11) is 0. The van der Waals surface area contributed by atoms with Crippen LogP contribution in [0.2, 0.25) is 0 Å². The van der Waals surface area contributed by atoms with Crippen LogP contribution in [0, 0.1) is 0 Å². The number of hydrogen-bond acceptors (Lipinski definition) is 0. The molecule has 0 atom stereocenters. The SMILES string of the molecule is c1ccc2c(c1)cc(-n1c3ccccc3c3cccc(-c4cccc5c6ccccc6n(-c6cc7ccccc7c7ccccc67)c45)c31)c1ccccc12. The van der Waals surface area contributed by atoms with E-state index in [1.807, 2.05) is 0 Å². The van der Waals surface area contributed by atoms with Crippen LogP contribution in [0.3, 0.4) is 0 Å². The van der Waals surface area contributed by atoms with Gasteiger partial charge in [0.15, 0.2) is 0 Å². The molecule has 2 aromatic heterocycles. The van der Waals surface area contributed by atoms with Crippen LogP contribution in [0.1, 0.15) is 0 Å². The smallest absolute Gasteiger partial charge is 0.0620 e. The Hall–Kier alpha value is -7.16. The van der Waals surface area contributed by atoms with Crippen molar-refractivity contribution in [1.29, 1.82) is 0 Å². The molecule has 0 amide bonds. The van der Waals surface area contributed by atoms with Crippen LogP contribution >= 0.6 is 0 Å². The molecule has 2 heterocycles. The van der Waals surface area contributed by atoms with Gasteiger partial charge in [-0.1, -0.05) is 170 Å². The molecule has 0 spiro atoms. The second kappa shape index (κ2) is 11.2. The minimum atomic E-state index is 1.19. The topological polar surface area (TPSA) is 9.86 Å². The molecule has 10 aromatic carbocycles. The molecule has 250 valence electrons. The van der Waals surface area contributed by atoms with Gasteiger partial charge in [-0.3, -0.25) is 0 Å². The molecular formula is C52H32N2. The van der Waals surface area contributed by atoms with Crippen LogP contribution in [0.15, 0.2) is 194 Å². The lowest BCUT2D eigenvalue weighted by atomic mass is 9.97. The Bertz CT molecular complexity index is 3270. The number of fused-ring (bicyclic) bond motifs is 12. The lowest BCUT2D eigenvalue weighted by molar-refractivity contribution is 1.19. The maximum absolute atomic E-state index is 2.53. The maximum Gasteiger partial charge on any atom is 0.0620 e. The monoisotopic (exact) mass is 684 g/mol. The predicted molar refractivity (Wildman–Crippen MR) is 231 cm³/mol. The van der Waals surface area contributed by atoms with E-state index in [0.29, 0.717) is 0 Å². The predicted octanol–water partition coefficient (Wildman–Crippen LogP) is 14.2. The summed E-state index contributed by atoms with van der Waals surface area (Å²) in [5.74, 6) is 0. The molecule has 0 aliphatic carbocycles. The summed E-state index contributed by atoms with van der Waals surface area (Å²) in [6.45, 7) is 0. The molecule has 12 aromatic rings. The first-order chi connectivity index (χ1) is 26.8. The Morgan fingerprint density at radius 3 is 1.02 bits per heavy atom. The summed E-state index contributed by atoms with van der Waals surface area (Å²) in [4.78, 5) is 0. The van der Waals surface area contributed by atoms with Crippen molar-refractivity contribution in [3.05, 3.63) is 194 Å². The molecule has 0 fully saturated rings. The number of benzene rings is 10. The highest BCUT2D eigenvalue weighted by Crippen LogP contribution is 2.45. The Morgan fingerprint density at radius 1 is 0.241 bits per heavy atom. The van der Waals surface area contributed by atoms with E-state index in [1.165, 1.54) is 109 Å². The average molecular weight is 685 g/mol. The second-order valence-electron chi connectivity index (χ2n) is 14.4. The van der Waals surface area contributed by atoms with E-state index in [2.05, 4.69) is 203 Å². The van der Waals surface area contributed by atoms with E-state index in [4.69, 9.17) is 0 Å². The maximum atomic E-state index is 2.53. The third kappa shape index (κ3) is 4.00. The fourth-order valence-electron chi connectivity index (χ4n) is 9.41. The third-order valence-corrected chi connectivity index (χ3v) is 11.7. The van der Waals surface area contributed by atoms with Crippen molar-refractivity contribution in [2.24, 2.45) is 0 Å². The molecule has 2 heteroatoms. The number of nitrogens with zero attached hydrogens (tertiary/aromatic N) is 2. The molecule has 2 nitrogen and oxygen atoms in total. The lowest BCUT2D eigenvalue weighted by Crippen LogP contribution is -2.00. The molecule has 0 radical (unpaired) electrons. The van der Waals surface area contributed by atoms with Gasteiger partial charge in [0.25, 0.3) is 0 Å². The molecule has 0 aliphatic rings. The van der Waals surface area contributed by atoms with Crippen molar-refractivity contribution in [1.82, 2.24) is 9.13 Å². The van der Waals surface area contributed by atoms with Crippen LogP contribution in [0.4, 0.5) is 0 Å². The number of rotatable bonds is 3. The highest BCUT2D eigenvalue weighted by Gasteiger charge is 2.23. The number of aromatic nitrogens is 2. The van der Waals surface area contributed by atoms with Crippen molar-refractivity contribution in [3.63, 3.8) is 0 Å². The molecule has 0 N–H and O–H groups in total. The first-order valence-electron chi connectivity index (χ1n) is 18.7. The largest absolute Gasteiger partial charge is 0.308 e. The lowest BCUT2D eigenvalue weighted by Gasteiger charge is -2.18. The van der Waals surface area contributed by atoms with E-state index < -0.39 is 0 Å². The van der Waals surface area contributed by atoms with Gasteiger partial charge in [-0.25, -0.2) is 0 Å². The zero-order valence-corrected chi connectivity index (χ0v) is 29.4. The van der Waals surface area contributed by atoms with E-state index in [-0.39, 0.29) is 0 Å². The Morgan fingerprint density at radius 2 is 0.574 bits per heavy atom. The van der Waals surface area contributed by atoms with Gasteiger partial charge in [-0.2, -0.15) is 0 Å². The molecular weight excluding hydrogens is 653 g/mol. The van der Waals surface area contributed by atoms with Crippen LogP contribution in [0.5, 0.6) is 0 Å². The standard InChI is InChI=1S/C52H32N2/c1-3-17-35-33(15-1)31-49(39-21-7-5-19-37(35)39)53-47-29-11-9-23-41(47)43-25-13-27-45(51(43)53)46-28-14-26-44-42-24-10-12-30-48(42)54(52(44)46)50-32-34-16-2-4-18-36(34)38-20-6-8-22-40(38)50/h1-32H. The van der Waals surface area contributed by atoms with Crippen LogP contribution in [0.25, 0.3) is 109 Å². The number of para-hydroxylation sites is 4. The highest BCUT2D eigenvalue weighted by atomic mass is 15.0. The van der Waals surface area contributed by atoms with Crippen LogP contribution in [-0.2, 0) is 0 Å². The van der Waals surface area contributed by atoms with Gasteiger partial charge >= 0.3 is 0 Å². The van der Waals surface area contributed by atoms with E-state index >= 15 is 0 Å². The third-order valence-electron chi connectivity index (χ3n) is 11.7. The molecule has 54 heavy (non-hydrogen) atoms. The van der Waals surface area contributed by atoms with E-state index in [9.17, 15) is 0 Å². The Labute approximate surface area is 311 Å². The van der Waals surface area contributed by atoms with Gasteiger partial charge in [0, 0.05) is 43.4 Å². The second-order valence-corrected chi connectivity index (χ2v) is 14.4. The fourth-order valence-corrected chi connectivity index (χ4v) is 9.41. The molecule has 0 saturated carbocycles. The van der Waals surface area contributed by atoms with Crippen molar-refractivity contribution >= 4 is 86.7 Å². The minimum Gasteiger partial charge on any atom is -0.308 e. The summed E-state index contributed by atoms with van der Waals surface area (Å²) < 4.78 is 5.07. The van der Waals surface area contributed by atoms with Crippen LogP contribution < -0.4 is 0 Å². The van der Waals surface area contributed by atoms with Crippen LogP contribution in [-0.4, -0.2) is 9.13 Å². The van der Waals surface area contributed by atoms with Gasteiger partial charge in [0.2, 0.25) is 0 Å². The molecule has 12 rings (SSSR count).